The van der Waals surface area contributed by atoms with Crippen LogP contribution in [0.15, 0.2) is 27.6 Å². The summed E-state index contributed by atoms with van der Waals surface area (Å²) < 4.78 is 10.8. The van der Waals surface area contributed by atoms with Gasteiger partial charge in [0.05, 0.1) is 6.20 Å². The fourth-order valence-electron chi connectivity index (χ4n) is 4.22. The summed E-state index contributed by atoms with van der Waals surface area (Å²) in [6.45, 7) is 1.40. The number of carbonyl (C=O) groups is 1. The predicted octanol–water partition coefficient (Wildman–Crippen LogP) is 2.49. The van der Waals surface area contributed by atoms with E-state index in [4.69, 9.17) is 9.05 Å². The molecule has 0 saturated carbocycles. The average Bonchev–Trinajstić information content (AvgIpc) is 3.41. The lowest BCUT2D eigenvalue weighted by atomic mass is 9.93. The van der Waals surface area contributed by atoms with Gasteiger partial charge in [-0.05, 0) is 38.0 Å². The molecule has 0 bridgehead atoms. The number of rotatable bonds is 4. The van der Waals surface area contributed by atoms with E-state index in [-0.39, 0.29) is 11.8 Å². The molecule has 0 aromatic carbocycles. The van der Waals surface area contributed by atoms with Gasteiger partial charge in [0.25, 0.3) is 5.91 Å². The molecule has 29 heavy (non-hydrogen) atoms. The van der Waals surface area contributed by atoms with Gasteiger partial charge in [0.1, 0.15) is 11.5 Å². The van der Waals surface area contributed by atoms with Crippen LogP contribution >= 0.6 is 0 Å². The first-order valence-electron chi connectivity index (χ1n) is 10.1. The Balaban J connectivity index is 1.26. The maximum Gasteiger partial charge on any atom is 0.276 e. The van der Waals surface area contributed by atoms with Crippen LogP contribution in [-0.4, -0.2) is 49.2 Å². The largest absolute Gasteiger partial charge is 0.360 e. The molecule has 1 fully saturated rings. The van der Waals surface area contributed by atoms with Gasteiger partial charge in [-0.3, -0.25) is 9.78 Å². The third-order valence-electron chi connectivity index (χ3n) is 5.68. The van der Waals surface area contributed by atoms with Gasteiger partial charge in [0.2, 0.25) is 11.7 Å². The fourth-order valence-corrected chi connectivity index (χ4v) is 4.22. The molecular formula is C20H22N6O3. The average molecular weight is 394 g/mol. The standard InChI is InChI=1S/C20H22N6O3/c27-20(18-14-5-1-2-6-16(14)28-24-18)26-9-3-4-13(12-26)10-17-23-19(25-29-17)15-11-21-7-8-22-15/h7-8,11,13H,1-6,9-10,12H2. The van der Waals surface area contributed by atoms with Crippen LogP contribution in [0.2, 0.25) is 0 Å². The second-order valence-electron chi connectivity index (χ2n) is 7.71. The molecule has 2 aliphatic rings. The van der Waals surface area contributed by atoms with Gasteiger partial charge in [-0.1, -0.05) is 10.3 Å². The van der Waals surface area contributed by atoms with Gasteiger partial charge >= 0.3 is 0 Å². The number of likely N-dealkylation sites (tertiary alicyclic amines) is 1. The molecule has 0 radical (unpaired) electrons. The molecule has 150 valence electrons. The molecule has 9 heteroatoms. The zero-order valence-electron chi connectivity index (χ0n) is 16.1. The highest BCUT2D eigenvalue weighted by atomic mass is 16.5. The Morgan fingerprint density at radius 2 is 2.07 bits per heavy atom. The zero-order chi connectivity index (χ0) is 19.6. The van der Waals surface area contributed by atoms with E-state index in [0.717, 1.165) is 56.4 Å². The molecule has 0 N–H and O–H groups in total. The molecule has 1 aliphatic heterocycles. The monoisotopic (exact) mass is 394 g/mol. The van der Waals surface area contributed by atoms with Gasteiger partial charge in [0.15, 0.2) is 5.69 Å². The van der Waals surface area contributed by atoms with Crippen molar-refractivity contribution in [1.82, 2.24) is 30.2 Å². The van der Waals surface area contributed by atoms with Crippen molar-refractivity contribution in [1.29, 1.82) is 0 Å². The minimum Gasteiger partial charge on any atom is -0.360 e. The van der Waals surface area contributed by atoms with Crippen LogP contribution in [0.4, 0.5) is 0 Å². The highest BCUT2D eigenvalue weighted by Crippen LogP contribution is 2.27. The van der Waals surface area contributed by atoms with Gasteiger partial charge in [-0.15, -0.1) is 0 Å². The summed E-state index contributed by atoms with van der Waals surface area (Å²) >= 11 is 0. The first-order valence-corrected chi connectivity index (χ1v) is 10.1. The van der Waals surface area contributed by atoms with E-state index in [0.29, 0.717) is 36.1 Å². The number of aromatic nitrogens is 5. The summed E-state index contributed by atoms with van der Waals surface area (Å²) in [4.78, 5) is 27.6. The molecule has 4 heterocycles. The number of piperidine rings is 1. The molecule has 1 saturated heterocycles. The van der Waals surface area contributed by atoms with Gasteiger partial charge in [-0.25, -0.2) is 4.98 Å². The van der Waals surface area contributed by atoms with Crippen LogP contribution in [0.25, 0.3) is 11.5 Å². The molecule has 3 aromatic rings. The topological polar surface area (TPSA) is 111 Å². The van der Waals surface area contributed by atoms with Crippen molar-refractivity contribution in [2.75, 3.05) is 13.1 Å². The van der Waals surface area contributed by atoms with Crippen molar-refractivity contribution in [3.63, 3.8) is 0 Å². The molecule has 1 aliphatic carbocycles. The van der Waals surface area contributed by atoms with Crippen molar-refractivity contribution < 1.29 is 13.8 Å². The summed E-state index contributed by atoms with van der Waals surface area (Å²) in [5.41, 5.74) is 2.09. The van der Waals surface area contributed by atoms with Crippen LogP contribution in [0.1, 0.15) is 53.4 Å². The smallest absolute Gasteiger partial charge is 0.276 e. The zero-order valence-corrected chi connectivity index (χ0v) is 16.1. The van der Waals surface area contributed by atoms with E-state index >= 15 is 0 Å². The van der Waals surface area contributed by atoms with Crippen LogP contribution < -0.4 is 0 Å². The molecule has 0 spiro atoms. The van der Waals surface area contributed by atoms with Crippen molar-refractivity contribution in [2.24, 2.45) is 5.92 Å². The van der Waals surface area contributed by atoms with E-state index in [9.17, 15) is 4.79 Å². The highest BCUT2D eigenvalue weighted by molar-refractivity contribution is 5.94. The second-order valence-corrected chi connectivity index (χ2v) is 7.71. The summed E-state index contributed by atoms with van der Waals surface area (Å²) in [5, 5.41) is 8.10. The molecule has 9 nitrogen and oxygen atoms in total. The molecule has 1 atom stereocenters. The van der Waals surface area contributed by atoms with Crippen LogP contribution in [0.5, 0.6) is 0 Å². The predicted molar refractivity (Wildman–Crippen MR) is 101 cm³/mol. The van der Waals surface area contributed by atoms with Gasteiger partial charge in [-0.2, -0.15) is 4.98 Å². The Labute approximate surface area is 167 Å². The number of nitrogens with zero attached hydrogens (tertiary/aromatic N) is 6. The van der Waals surface area contributed by atoms with E-state index in [2.05, 4.69) is 25.3 Å². The number of hydrogen-bond acceptors (Lipinski definition) is 8. The lowest BCUT2D eigenvalue weighted by Crippen LogP contribution is -2.41. The van der Waals surface area contributed by atoms with Crippen LogP contribution in [0.3, 0.4) is 0 Å². The van der Waals surface area contributed by atoms with Crippen LogP contribution in [0, 0.1) is 5.92 Å². The molecule has 1 amide bonds. The maximum absolute atomic E-state index is 13.1. The minimum absolute atomic E-state index is 0.0209. The lowest BCUT2D eigenvalue weighted by molar-refractivity contribution is 0.0656. The number of carbonyl (C=O) groups excluding carboxylic acids is 1. The Kier molecular flexibility index (Phi) is 4.79. The van der Waals surface area contributed by atoms with Crippen molar-refractivity contribution >= 4 is 5.91 Å². The lowest BCUT2D eigenvalue weighted by Gasteiger charge is -2.31. The van der Waals surface area contributed by atoms with E-state index in [1.807, 2.05) is 4.90 Å². The van der Waals surface area contributed by atoms with Gasteiger partial charge in [0, 0.05) is 43.9 Å². The summed E-state index contributed by atoms with van der Waals surface area (Å²) in [7, 11) is 0. The quantitative estimate of drug-likeness (QED) is 0.663. The Hall–Kier alpha value is -3.10. The second kappa shape index (κ2) is 7.73. The summed E-state index contributed by atoms with van der Waals surface area (Å²) in [6, 6.07) is 0. The number of amides is 1. The molecule has 3 aromatic heterocycles. The van der Waals surface area contributed by atoms with E-state index in [1.54, 1.807) is 18.6 Å². The summed E-state index contributed by atoms with van der Waals surface area (Å²) in [6.07, 6.45) is 11.3. The molecule has 1 unspecified atom stereocenters. The van der Waals surface area contributed by atoms with Crippen LogP contribution in [-0.2, 0) is 19.3 Å². The maximum atomic E-state index is 13.1. The highest BCUT2D eigenvalue weighted by Gasteiger charge is 2.31. The third kappa shape index (κ3) is 3.64. The van der Waals surface area contributed by atoms with Crippen molar-refractivity contribution in [3.8, 4) is 11.5 Å². The Bertz CT molecular complexity index is 999. The first kappa shape index (κ1) is 18.0. The number of aryl methyl sites for hydroxylation is 1. The van der Waals surface area contributed by atoms with E-state index < -0.39 is 0 Å². The normalized spacial score (nSPS) is 19.2. The summed E-state index contributed by atoms with van der Waals surface area (Å²) in [5.74, 6) is 2.13. The third-order valence-corrected chi connectivity index (χ3v) is 5.68. The van der Waals surface area contributed by atoms with Crippen molar-refractivity contribution in [2.45, 2.75) is 44.9 Å². The fraction of sp³-hybridized carbons (Fsp3) is 0.500. The Morgan fingerprint density at radius 1 is 1.14 bits per heavy atom. The van der Waals surface area contributed by atoms with Gasteiger partial charge < -0.3 is 13.9 Å². The molecule has 5 rings (SSSR count). The number of fused-ring (bicyclic) bond motifs is 1. The number of hydrogen-bond donors (Lipinski definition) is 0. The Morgan fingerprint density at radius 3 is 2.97 bits per heavy atom. The minimum atomic E-state index is -0.0209. The van der Waals surface area contributed by atoms with Crippen molar-refractivity contribution in [3.05, 3.63) is 41.5 Å². The first-order chi connectivity index (χ1) is 14.3. The van der Waals surface area contributed by atoms with E-state index in [1.165, 1.54) is 0 Å². The SMILES string of the molecule is O=C(c1noc2c1CCCC2)N1CCCC(Cc2nc(-c3cnccn3)no2)C1. The molecular weight excluding hydrogens is 372 g/mol.